The van der Waals surface area contributed by atoms with Crippen LogP contribution in [0.2, 0.25) is 0 Å². The highest BCUT2D eigenvalue weighted by Crippen LogP contribution is 2.29. The van der Waals surface area contributed by atoms with Crippen molar-refractivity contribution in [1.29, 1.82) is 0 Å². The van der Waals surface area contributed by atoms with E-state index in [1.165, 1.54) is 22.5 Å². The number of hydrogen-bond acceptors (Lipinski definition) is 5. The standard InChI is InChI=1S/C19H20N2O2S2/c1-13-9-14(2)11-15(10-13)23-7-6-21(3)19(22)17-12-20-18(25-17)16-5-4-8-24-16/h4-5,8-12H,6-7H2,1-3H3. The quantitative estimate of drug-likeness (QED) is 0.633. The van der Waals surface area contributed by atoms with E-state index >= 15 is 0 Å². The summed E-state index contributed by atoms with van der Waals surface area (Å²) in [5.74, 6) is 0.820. The van der Waals surface area contributed by atoms with Crippen LogP contribution in [0.3, 0.4) is 0 Å². The van der Waals surface area contributed by atoms with E-state index in [4.69, 9.17) is 4.74 Å². The molecule has 0 fully saturated rings. The Balaban J connectivity index is 1.56. The van der Waals surface area contributed by atoms with Crippen LogP contribution in [0.15, 0.2) is 41.9 Å². The first kappa shape index (κ1) is 17.6. The summed E-state index contributed by atoms with van der Waals surface area (Å²) in [7, 11) is 1.79. The zero-order valence-corrected chi connectivity index (χ0v) is 16.1. The molecule has 2 heterocycles. The Labute approximate surface area is 155 Å². The molecule has 0 saturated heterocycles. The molecule has 0 aliphatic heterocycles. The average Bonchev–Trinajstić information content (AvgIpc) is 3.24. The molecule has 0 bridgehead atoms. The molecule has 4 nitrogen and oxygen atoms in total. The minimum absolute atomic E-state index is 0.0238. The van der Waals surface area contributed by atoms with Gasteiger partial charge in [0.15, 0.2) is 0 Å². The normalized spacial score (nSPS) is 10.7. The third-order valence-electron chi connectivity index (χ3n) is 3.69. The van der Waals surface area contributed by atoms with Crippen LogP contribution in [0.5, 0.6) is 5.75 Å². The van der Waals surface area contributed by atoms with Gasteiger partial charge in [-0.3, -0.25) is 4.79 Å². The molecule has 0 saturated carbocycles. The zero-order chi connectivity index (χ0) is 17.8. The average molecular weight is 373 g/mol. The number of aromatic nitrogens is 1. The largest absolute Gasteiger partial charge is 0.492 e. The van der Waals surface area contributed by atoms with Gasteiger partial charge in [-0.1, -0.05) is 12.1 Å². The fourth-order valence-corrected chi connectivity index (χ4v) is 4.21. The second-order valence-corrected chi connectivity index (χ2v) is 7.88. The fraction of sp³-hybridized carbons (Fsp3) is 0.263. The predicted molar refractivity (Wildman–Crippen MR) is 104 cm³/mol. The lowest BCUT2D eigenvalue weighted by atomic mass is 10.1. The van der Waals surface area contributed by atoms with Gasteiger partial charge in [-0.05, 0) is 48.6 Å². The molecule has 0 unspecified atom stereocenters. The maximum absolute atomic E-state index is 12.5. The van der Waals surface area contributed by atoms with E-state index < -0.39 is 0 Å². The molecule has 6 heteroatoms. The molecule has 0 radical (unpaired) electrons. The van der Waals surface area contributed by atoms with Crippen molar-refractivity contribution in [2.24, 2.45) is 0 Å². The number of carbonyl (C=O) groups excluding carboxylic acids is 1. The molecule has 0 spiro atoms. The lowest BCUT2D eigenvalue weighted by Crippen LogP contribution is -2.30. The Kier molecular flexibility index (Phi) is 5.50. The van der Waals surface area contributed by atoms with Crippen LogP contribution in [-0.2, 0) is 0 Å². The van der Waals surface area contributed by atoms with Crippen molar-refractivity contribution in [2.45, 2.75) is 13.8 Å². The summed E-state index contributed by atoms with van der Waals surface area (Å²) in [6, 6.07) is 10.1. The van der Waals surface area contributed by atoms with Gasteiger partial charge in [-0.15, -0.1) is 22.7 Å². The van der Waals surface area contributed by atoms with Crippen LogP contribution < -0.4 is 4.74 Å². The number of nitrogens with zero attached hydrogens (tertiary/aromatic N) is 2. The molecule has 1 aromatic carbocycles. The van der Waals surface area contributed by atoms with Gasteiger partial charge in [-0.25, -0.2) is 4.98 Å². The molecule has 3 rings (SSSR count). The topological polar surface area (TPSA) is 42.4 Å². The maximum atomic E-state index is 12.5. The molecule has 0 N–H and O–H groups in total. The van der Waals surface area contributed by atoms with E-state index in [9.17, 15) is 4.79 Å². The minimum Gasteiger partial charge on any atom is -0.492 e. The highest BCUT2D eigenvalue weighted by molar-refractivity contribution is 7.21. The predicted octanol–water partition coefficient (Wildman–Crippen LogP) is 4.64. The molecular weight excluding hydrogens is 352 g/mol. The lowest BCUT2D eigenvalue weighted by Gasteiger charge is -2.16. The molecular formula is C19H20N2O2S2. The van der Waals surface area contributed by atoms with Crippen LogP contribution >= 0.6 is 22.7 Å². The molecule has 0 aliphatic carbocycles. The Morgan fingerprint density at radius 1 is 1.24 bits per heavy atom. The van der Waals surface area contributed by atoms with Crippen molar-refractivity contribution in [3.05, 3.63) is 57.9 Å². The first-order chi connectivity index (χ1) is 12.0. The summed E-state index contributed by atoms with van der Waals surface area (Å²) in [6.45, 7) is 5.08. The van der Waals surface area contributed by atoms with Crippen molar-refractivity contribution in [2.75, 3.05) is 20.2 Å². The van der Waals surface area contributed by atoms with Crippen LogP contribution in [-0.4, -0.2) is 36.0 Å². The molecule has 3 aromatic rings. The van der Waals surface area contributed by atoms with Crippen LogP contribution in [0.4, 0.5) is 0 Å². The third kappa shape index (κ3) is 4.46. The number of ether oxygens (including phenoxy) is 1. The highest BCUT2D eigenvalue weighted by Gasteiger charge is 2.16. The van der Waals surface area contributed by atoms with Crippen LogP contribution in [0.1, 0.15) is 20.8 Å². The SMILES string of the molecule is Cc1cc(C)cc(OCCN(C)C(=O)c2cnc(-c3cccs3)s2)c1. The number of benzene rings is 1. The molecule has 25 heavy (non-hydrogen) atoms. The van der Waals surface area contributed by atoms with Gasteiger partial charge in [-0.2, -0.15) is 0 Å². The number of thiazole rings is 1. The van der Waals surface area contributed by atoms with Gasteiger partial charge in [0.2, 0.25) is 0 Å². The van der Waals surface area contributed by atoms with Gasteiger partial charge < -0.3 is 9.64 Å². The van der Waals surface area contributed by atoms with E-state index in [0.717, 1.165) is 15.6 Å². The summed E-state index contributed by atoms with van der Waals surface area (Å²) < 4.78 is 5.78. The lowest BCUT2D eigenvalue weighted by molar-refractivity contribution is 0.0778. The van der Waals surface area contributed by atoms with Crippen molar-refractivity contribution in [3.8, 4) is 15.6 Å². The first-order valence-corrected chi connectivity index (χ1v) is 9.69. The van der Waals surface area contributed by atoms with Gasteiger partial charge in [0.05, 0.1) is 17.6 Å². The van der Waals surface area contributed by atoms with Gasteiger partial charge in [0.25, 0.3) is 5.91 Å². The minimum atomic E-state index is -0.0238. The van der Waals surface area contributed by atoms with E-state index in [1.807, 2.05) is 43.5 Å². The van der Waals surface area contributed by atoms with E-state index in [1.54, 1.807) is 29.5 Å². The summed E-state index contributed by atoms with van der Waals surface area (Å²) >= 11 is 3.05. The summed E-state index contributed by atoms with van der Waals surface area (Å²) in [5.41, 5.74) is 2.34. The van der Waals surface area contributed by atoms with Crippen molar-refractivity contribution < 1.29 is 9.53 Å². The van der Waals surface area contributed by atoms with Crippen molar-refractivity contribution in [1.82, 2.24) is 9.88 Å². The summed E-state index contributed by atoms with van der Waals surface area (Å²) in [4.78, 5) is 20.3. The summed E-state index contributed by atoms with van der Waals surface area (Å²) in [6.07, 6.45) is 1.66. The molecule has 0 aliphatic rings. The second kappa shape index (κ2) is 7.80. The number of thiophene rings is 1. The fourth-order valence-electron chi connectivity index (χ4n) is 2.49. The monoisotopic (exact) mass is 372 g/mol. The Bertz CT molecular complexity index is 836. The first-order valence-electron chi connectivity index (χ1n) is 7.99. The summed E-state index contributed by atoms with van der Waals surface area (Å²) in [5, 5.41) is 2.90. The van der Waals surface area contributed by atoms with Gasteiger partial charge in [0, 0.05) is 7.05 Å². The van der Waals surface area contributed by atoms with E-state index in [-0.39, 0.29) is 5.91 Å². The van der Waals surface area contributed by atoms with E-state index in [0.29, 0.717) is 18.0 Å². The molecule has 130 valence electrons. The number of carbonyl (C=O) groups is 1. The number of hydrogen-bond donors (Lipinski definition) is 0. The Morgan fingerprint density at radius 3 is 2.68 bits per heavy atom. The zero-order valence-electron chi connectivity index (χ0n) is 14.5. The second-order valence-electron chi connectivity index (χ2n) is 5.91. The number of rotatable bonds is 6. The number of likely N-dealkylation sites (N-methyl/N-ethyl adjacent to an activating group) is 1. The van der Waals surface area contributed by atoms with E-state index in [2.05, 4.69) is 11.1 Å². The highest BCUT2D eigenvalue weighted by atomic mass is 32.1. The van der Waals surface area contributed by atoms with Gasteiger partial charge in [0.1, 0.15) is 22.2 Å². The molecule has 1 amide bonds. The number of amides is 1. The van der Waals surface area contributed by atoms with Crippen molar-refractivity contribution in [3.63, 3.8) is 0 Å². The Hall–Kier alpha value is -2.18. The molecule has 0 atom stereocenters. The van der Waals surface area contributed by atoms with Crippen molar-refractivity contribution >= 4 is 28.6 Å². The van der Waals surface area contributed by atoms with Gasteiger partial charge >= 0.3 is 0 Å². The van der Waals surface area contributed by atoms with Crippen LogP contribution in [0.25, 0.3) is 9.88 Å². The molecule has 2 aromatic heterocycles. The Morgan fingerprint density at radius 2 is 2.00 bits per heavy atom. The smallest absolute Gasteiger partial charge is 0.265 e. The number of aryl methyl sites for hydroxylation is 2. The third-order valence-corrected chi connectivity index (χ3v) is 5.71. The van der Waals surface area contributed by atoms with Crippen LogP contribution in [0, 0.1) is 13.8 Å². The maximum Gasteiger partial charge on any atom is 0.265 e.